The molecule has 0 saturated carbocycles. The topological polar surface area (TPSA) is 109 Å². The molecule has 0 bridgehead atoms. The SMILES string of the molecule is CCCS(=O)(=O)Nc1ccc(F)c(C(=O)c2c[nH]c3nccc(C(=O)c4c(Cl)ccc(-c5ccc(Cl)cc5)c4Cl)c23)c1F. The maximum Gasteiger partial charge on any atom is 0.232 e. The number of nitrogens with one attached hydrogen (secondary N) is 2. The molecule has 2 aromatic heterocycles. The lowest BCUT2D eigenvalue weighted by atomic mass is 9.94. The number of hydrogen-bond donors (Lipinski definition) is 2. The molecule has 7 nitrogen and oxygen atoms in total. The highest BCUT2D eigenvalue weighted by molar-refractivity contribution is 7.92. The van der Waals surface area contributed by atoms with Crippen LogP contribution in [0.15, 0.2) is 67.0 Å². The van der Waals surface area contributed by atoms with E-state index in [1.165, 1.54) is 18.3 Å². The van der Waals surface area contributed by atoms with Crippen LogP contribution in [0.1, 0.15) is 45.2 Å². The van der Waals surface area contributed by atoms with Crippen LogP contribution in [0.3, 0.4) is 0 Å². The number of aromatic amines is 1. The van der Waals surface area contributed by atoms with Crippen LogP contribution in [0.25, 0.3) is 22.2 Å². The Morgan fingerprint density at radius 1 is 0.907 bits per heavy atom. The number of anilines is 1. The van der Waals surface area contributed by atoms with Crippen molar-refractivity contribution in [3.63, 3.8) is 0 Å². The lowest BCUT2D eigenvalue weighted by Crippen LogP contribution is -2.18. The van der Waals surface area contributed by atoms with Crippen LogP contribution >= 0.6 is 34.8 Å². The first-order valence-electron chi connectivity index (χ1n) is 12.7. The van der Waals surface area contributed by atoms with Gasteiger partial charge in [-0.3, -0.25) is 14.3 Å². The average molecular weight is 663 g/mol. The molecule has 0 spiro atoms. The predicted octanol–water partition coefficient (Wildman–Crippen LogP) is 8.08. The number of H-pyrrole nitrogens is 1. The fourth-order valence-corrected chi connectivity index (χ4v) is 6.54. The number of pyridine rings is 1. The summed E-state index contributed by atoms with van der Waals surface area (Å²) in [6.45, 7) is 1.62. The van der Waals surface area contributed by atoms with E-state index in [0.717, 1.165) is 18.3 Å². The van der Waals surface area contributed by atoms with Crippen molar-refractivity contribution in [3.8, 4) is 11.1 Å². The Hall–Kier alpha value is -3.83. The Morgan fingerprint density at radius 3 is 2.30 bits per heavy atom. The highest BCUT2D eigenvalue weighted by atomic mass is 35.5. The molecule has 2 N–H and O–H groups in total. The van der Waals surface area contributed by atoms with Gasteiger partial charge in [0, 0.05) is 33.9 Å². The number of sulfonamides is 1. The number of aromatic nitrogens is 2. The van der Waals surface area contributed by atoms with E-state index in [4.69, 9.17) is 34.8 Å². The van der Waals surface area contributed by atoms with Gasteiger partial charge in [-0.1, -0.05) is 59.9 Å². The monoisotopic (exact) mass is 661 g/mol. The summed E-state index contributed by atoms with van der Waals surface area (Å²) in [5.74, 6) is -4.76. The largest absolute Gasteiger partial charge is 0.345 e. The lowest BCUT2D eigenvalue weighted by Gasteiger charge is -2.13. The molecule has 5 aromatic rings. The zero-order chi connectivity index (χ0) is 31.1. The number of halogens is 5. The van der Waals surface area contributed by atoms with E-state index in [-0.39, 0.29) is 49.9 Å². The average Bonchev–Trinajstić information content (AvgIpc) is 3.40. The molecule has 0 amide bonds. The van der Waals surface area contributed by atoms with E-state index < -0.39 is 44.5 Å². The normalized spacial score (nSPS) is 11.6. The van der Waals surface area contributed by atoms with Crippen LogP contribution in [0.4, 0.5) is 14.5 Å². The zero-order valence-corrected chi connectivity index (χ0v) is 25.2. The molecule has 0 radical (unpaired) electrons. The number of carbonyl (C=O) groups is 2. The van der Waals surface area contributed by atoms with E-state index in [9.17, 15) is 22.4 Å². The van der Waals surface area contributed by atoms with Crippen molar-refractivity contribution in [2.45, 2.75) is 13.3 Å². The van der Waals surface area contributed by atoms with E-state index in [2.05, 4.69) is 9.97 Å². The maximum atomic E-state index is 15.5. The summed E-state index contributed by atoms with van der Waals surface area (Å²) in [5.41, 5.74) is -0.772. The van der Waals surface area contributed by atoms with E-state index in [0.29, 0.717) is 16.1 Å². The van der Waals surface area contributed by atoms with E-state index in [1.807, 2.05) is 4.72 Å². The van der Waals surface area contributed by atoms with Crippen molar-refractivity contribution in [2.75, 3.05) is 10.5 Å². The smallest absolute Gasteiger partial charge is 0.232 e. The molecular formula is C30H20Cl3F2N3O4S. The molecule has 220 valence electrons. The van der Waals surface area contributed by atoms with Gasteiger partial charge in [0.2, 0.25) is 15.8 Å². The number of rotatable bonds is 9. The molecule has 5 rings (SSSR count). The Kier molecular flexibility index (Phi) is 8.58. The molecule has 0 aliphatic rings. The van der Waals surface area contributed by atoms with Crippen LogP contribution in [-0.4, -0.2) is 35.7 Å². The molecule has 0 fully saturated rings. The quantitative estimate of drug-likeness (QED) is 0.155. The van der Waals surface area contributed by atoms with Gasteiger partial charge in [0.05, 0.1) is 38.2 Å². The molecule has 0 aliphatic heterocycles. The van der Waals surface area contributed by atoms with Crippen LogP contribution in [0, 0.1) is 11.6 Å². The molecule has 0 unspecified atom stereocenters. The molecule has 3 aromatic carbocycles. The first-order chi connectivity index (χ1) is 20.4. The summed E-state index contributed by atoms with van der Waals surface area (Å²) in [5, 5.41) is 0.547. The van der Waals surface area contributed by atoms with Gasteiger partial charge in [-0.25, -0.2) is 22.2 Å². The van der Waals surface area contributed by atoms with Crippen molar-refractivity contribution in [3.05, 3.63) is 116 Å². The first kappa shape index (κ1) is 30.6. The number of ketones is 2. The summed E-state index contributed by atoms with van der Waals surface area (Å²) in [6.07, 6.45) is 2.73. The minimum Gasteiger partial charge on any atom is -0.345 e. The molecule has 13 heteroatoms. The second kappa shape index (κ2) is 12.0. The first-order valence-corrected chi connectivity index (χ1v) is 15.5. The van der Waals surface area contributed by atoms with Crippen molar-refractivity contribution in [1.29, 1.82) is 0 Å². The van der Waals surface area contributed by atoms with E-state index >= 15 is 4.39 Å². The van der Waals surface area contributed by atoms with Gasteiger partial charge in [0.25, 0.3) is 0 Å². The van der Waals surface area contributed by atoms with Crippen LogP contribution < -0.4 is 4.72 Å². The van der Waals surface area contributed by atoms with Crippen molar-refractivity contribution >= 4 is 73.1 Å². The summed E-state index contributed by atoms with van der Waals surface area (Å²) in [6, 6.07) is 12.9. The molecule has 43 heavy (non-hydrogen) atoms. The van der Waals surface area contributed by atoms with Crippen LogP contribution in [0.2, 0.25) is 15.1 Å². The Morgan fingerprint density at radius 2 is 1.60 bits per heavy atom. The Balaban J connectivity index is 1.63. The molecular weight excluding hydrogens is 643 g/mol. The number of carbonyl (C=O) groups excluding carboxylic acids is 2. The highest BCUT2D eigenvalue weighted by Crippen LogP contribution is 2.38. The third-order valence-corrected chi connectivity index (χ3v) is 9.03. The number of fused-ring (bicyclic) bond motifs is 1. The molecule has 0 aliphatic carbocycles. The third-order valence-electron chi connectivity index (χ3n) is 6.59. The van der Waals surface area contributed by atoms with E-state index in [1.54, 1.807) is 37.3 Å². The van der Waals surface area contributed by atoms with Gasteiger partial charge in [0.15, 0.2) is 11.6 Å². The Labute approximate surface area is 259 Å². The standard InChI is InChI=1S/C30H20Cl3F2N3O4S/c1-2-13-43(41,42)38-22-10-9-21(34)25(27(22)35)29(40)19-14-37-30-23(19)18(11-12-36-30)28(39)24-20(32)8-7-17(26(24)33)15-3-5-16(31)6-4-15/h3-12,14,38H,2,13H2,1H3,(H,36,37). The molecule has 0 atom stereocenters. The van der Waals surface area contributed by atoms with Gasteiger partial charge >= 0.3 is 0 Å². The second-order valence-electron chi connectivity index (χ2n) is 9.44. The van der Waals surface area contributed by atoms with Crippen molar-refractivity contribution in [2.24, 2.45) is 0 Å². The predicted molar refractivity (Wildman–Crippen MR) is 164 cm³/mol. The minimum atomic E-state index is -3.95. The van der Waals surface area contributed by atoms with Gasteiger partial charge in [-0.15, -0.1) is 0 Å². The summed E-state index contributed by atoms with van der Waals surface area (Å²) in [4.78, 5) is 34.5. The van der Waals surface area contributed by atoms with Crippen molar-refractivity contribution in [1.82, 2.24) is 9.97 Å². The van der Waals surface area contributed by atoms with Gasteiger partial charge < -0.3 is 4.98 Å². The number of nitrogens with zero attached hydrogens (tertiary/aromatic N) is 1. The Bertz CT molecular complexity index is 2030. The highest BCUT2D eigenvalue weighted by Gasteiger charge is 2.29. The molecule has 2 heterocycles. The van der Waals surface area contributed by atoms with Gasteiger partial charge in [-0.05, 0) is 48.4 Å². The summed E-state index contributed by atoms with van der Waals surface area (Å²) < 4.78 is 56.9. The third kappa shape index (κ3) is 5.88. The zero-order valence-electron chi connectivity index (χ0n) is 22.1. The minimum absolute atomic E-state index is 0.0303. The molecule has 0 saturated heterocycles. The number of benzene rings is 3. The second-order valence-corrected chi connectivity index (χ2v) is 12.5. The fourth-order valence-electron chi connectivity index (χ4n) is 4.63. The van der Waals surface area contributed by atoms with Crippen LogP contribution in [0.5, 0.6) is 0 Å². The van der Waals surface area contributed by atoms with Gasteiger partial charge in [-0.2, -0.15) is 0 Å². The summed E-state index contributed by atoms with van der Waals surface area (Å²) in [7, 11) is -3.95. The maximum absolute atomic E-state index is 15.5. The lowest BCUT2D eigenvalue weighted by molar-refractivity contribution is 0.103. The van der Waals surface area contributed by atoms with Crippen molar-refractivity contribution < 1.29 is 26.8 Å². The number of hydrogen-bond acceptors (Lipinski definition) is 5. The fraction of sp³-hybridized carbons (Fsp3) is 0.100. The summed E-state index contributed by atoms with van der Waals surface area (Å²) >= 11 is 19.2. The van der Waals surface area contributed by atoms with Crippen LogP contribution in [-0.2, 0) is 10.0 Å². The van der Waals surface area contributed by atoms with Gasteiger partial charge in [0.1, 0.15) is 11.5 Å².